The molecular formula is C26H25N3O3. The Hall–Kier alpha value is -4.06. The number of aryl methyl sites for hydroxylation is 1. The largest absolute Gasteiger partial charge is 0.497 e. The molecular weight excluding hydrogens is 402 g/mol. The van der Waals surface area contributed by atoms with E-state index in [1.807, 2.05) is 79.5 Å². The van der Waals surface area contributed by atoms with Crippen molar-refractivity contribution >= 4 is 5.91 Å². The molecule has 2 aromatic carbocycles. The monoisotopic (exact) mass is 427 g/mol. The van der Waals surface area contributed by atoms with Crippen molar-refractivity contribution < 1.29 is 14.3 Å². The van der Waals surface area contributed by atoms with E-state index in [0.29, 0.717) is 23.6 Å². The molecule has 0 saturated heterocycles. The summed E-state index contributed by atoms with van der Waals surface area (Å²) in [6, 6.07) is 18.8. The maximum Gasteiger partial charge on any atom is 0.251 e. The lowest BCUT2D eigenvalue weighted by atomic mass is 10.1. The number of rotatable bonds is 7. The lowest BCUT2D eigenvalue weighted by Crippen LogP contribution is -2.23. The normalized spacial score (nSPS) is 10.6. The Bertz CT molecular complexity index is 1250. The Morgan fingerprint density at radius 3 is 2.69 bits per heavy atom. The first kappa shape index (κ1) is 21.2. The van der Waals surface area contributed by atoms with Gasteiger partial charge in [0.05, 0.1) is 12.8 Å². The van der Waals surface area contributed by atoms with Gasteiger partial charge in [-0.05, 0) is 48.9 Å². The standard InChI is InChI=1S/C26H25N3O3/c1-18-23(26(30)28-16-19-6-4-7-21(14-19)31-3)8-5-9-25(18)32-22-10-12-27-24(15-22)20-11-13-29(2)17-20/h4-15,17H,16H2,1-3H3,(H,28,30). The number of benzene rings is 2. The SMILES string of the molecule is COc1cccc(CNC(=O)c2cccc(Oc3ccnc(-c4ccn(C)c4)c3)c2C)c1. The average Bonchev–Trinajstić information content (AvgIpc) is 3.25. The molecule has 4 aromatic rings. The van der Waals surface area contributed by atoms with Gasteiger partial charge in [-0.25, -0.2) is 0 Å². The van der Waals surface area contributed by atoms with Crippen LogP contribution in [-0.4, -0.2) is 22.6 Å². The van der Waals surface area contributed by atoms with E-state index in [9.17, 15) is 4.79 Å². The lowest BCUT2D eigenvalue weighted by Gasteiger charge is -2.13. The fourth-order valence-electron chi connectivity index (χ4n) is 3.45. The maximum atomic E-state index is 12.8. The number of hydrogen-bond donors (Lipinski definition) is 1. The molecule has 1 N–H and O–H groups in total. The van der Waals surface area contributed by atoms with E-state index in [-0.39, 0.29) is 5.91 Å². The molecule has 0 atom stereocenters. The summed E-state index contributed by atoms with van der Waals surface area (Å²) >= 11 is 0. The number of hydrogen-bond acceptors (Lipinski definition) is 4. The highest BCUT2D eigenvalue weighted by Gasteiger charge is 2.14. The number of carbonyl (C=O) groups excluding carboxylic acids is 1. The molecule has 0 radical (unpaired) electrons. The van der Waals surface area contributed by atoms with Gasteiger partial charge in [0.25, 0.3) is 5.91 Å². The van der Waals surface area contributed by atoms with Crippen LogP contribution in [0.3, 0.4) is 0 Å². The molecule has 0 spiro atoms. The highest BCUT2D eigenvalue weighted by atomic mass is 16.5. The molecule has 2 aromatic heterocycles. The predicted molar refractivity (Wildman–Crippen MR) is 124 cm³/mol. The second-order valence-electron chi connectivity index (χ2n) is 7.51. The molecule has 1 amide bonds. The molecule has 0 bridgehead atoms. The highest BCUT2D eigenvalue weighted by Crippen LogP contribution is 2.29. The van der Waals surface area contributed by atoms with Crippen molar-refractivity contribution in [1.82, 2.24) is 14.9 Å². The smallest absolute Gasteiger partial charge is 0.251 e. The minimum Gasteiger partial charge on any atom is -0.497 e. The zero-order valence-corrected chi connectivity index (χ0v) is 18.3. The van der Waals surface area contributed by atoms with Gasteiger partial charge in [-0.15, -0.1) is 0 Å². The molecule has 6 heteroatoms. The molecule has 0 fully saturated rings. The van der Waals surface area contributed by atoms with Crippen molar-refractivity contribution in [2.45, 2.75) is 13.5 Å². The number of pyridine rings is 1. The second kappa shape index (κ2) is 9.39. The molecule has 0 aliphatic rings. The van der Waals surface area contributed by atoms with Gasteiger partial charge in [-0.3, -0.25) is 9.78 Å². The molecule has 2 heterocycles. The fourth-order valence-corrected chi connectivity index (χ4v) is 3.45. The molecule has 4 rings (SSSR count). The van der Waals surface area contributed by atoms with Crippen molar-refractivity contribution in [2.75, 3.05) is 7.11 Å². The van der Waals surface area contributed by atoms with Gasteiger partial charge >= 0.3 is 0 Å². The summed E-state index contributed by atoms with van der Waals surface area (Å²) in [6.45, 7) is 2.29. The molecule has 6 nitrogen and oxygen atoms in total. The van der Waals surface area contributed by atoms with Crippen LogP contribution >= 0.6 is 0 Å². The molecule has 0 aliphatic carbocycles. The summed E-state index contributed by atoms with van der Waals surface area (Å²) in [5, 5.41) is 2.97. The average molecular weight is 428 g/mol. The van der Waals surface area contributed by atoms with Gasteiger partial charge in [0.15, 0.2) is 0 Å². The fraction of sp³-hybridized carbons (Fsp3) is 0.154. The topological polar surface area (TPSA) is 65.4 Å². The number of amides is 1. The van der Waals surface area contributed by atoms with E-state index in [1.165, 1.54) is 0 Å². The second-order valence-corrected chi connectivity index (χ2v) is 7.51. The third-order valence-electron chi connectivity index (χ3n) is 5.20. The highest BCUT2D eigenvalue weighted by molar-refractivity contribution is 5.96. The van der Waals surface area contributed by atoms with Crippen LogP contribution in [0, 0.1) is 6.92 Å². The van der Waals surface area contributed by atoms with Gasteiger partial charge in [-0.2, -0.15) is 0 Å². The van der Waals surface area contributed by atoms with E-state index < -0.39 is 0 Å². The third-order valence-corrected chi connectivity index (χ3v) is 5.20. The summed E-state index contributed by atoms with van der Waals surface area (Å²) in [5.41, 5.74) is 4.15. The number of nitrogens with one attached hydrogen (secondary N) is 1. The summed E-state index contributed by atoms with van der Waals surface area (Å²) in [5.74, 6) is 1.89. The van der Waals surface area contributed by atoms with Crippen molar-refractivity contribution in [1.29, 1.82) is 0 Å². The minimum absolute atomic E-state index is 0.157. The third kappa shape index (κ3) is 4.81. The van der Waals surface area contributed by atoms with Crippen LogP contribution in [0.1, 0.15) is 21.5 Å². The van der Waals surface area contributed by atoms with Crippen LogP contribution in [0.4, 0.5) is 0 Å². The zero-order valence-electron chi connectivity index (χ0n) is 18.3. The molecule has 0 unspecified atom stereocenters. The van der Waals surface area contributed by atoms with Crippen LogP contribution in [-0.2, 0) is 13.6 Å². The van der Waals surface area contributed by atoms with Crippen molar-refractivity contribution in [3.05, 3.63) is 95.9 Å². The van der Waals surface area contributed by atoms with Gasteiger partial charge in [-0.1, -0.05) is 18.2 Å². The molecule has 0 aliphatic heterocycles. The Labute approximate surface area is 187 Å². The Morgan fingerprint density at radius 1 is 1.06 bits per heavy atom. The first-order valence-corrected chi connectivity index (χ1v) is 10.3. The van der Waals surface area contributed by atoms with Crippen LogP contribution in [0.2, 0.25) is 0 Å². The predicted octanol–water partition coefficient (Wildman–Crippen LogP) is 5.13. The lowest BCUT2D eigenvalue weighted by molar-refractivity contribution is 0.0950. The van der Waals surface area contributed by atoms with Crippen molar-refractivity contribution in [2.24, 2.45) is 7.05 Å². The van der Waals surface area contributed by atoms with Crippen LogP contribution in [0.5, 0.6) is 17.2 Å². The van der Waals surface area contributed by atoms with Crippen LogP contribution in [0.25, 0.3) is 11.3 Å². The van der Waals surface area contributed by atoms with Gasteiger partial charge < -0.3 is 19.4 Å². The van der Waals surface area contributed by atoms with Crippen molar-refractivity contribution in [3.63, 3.8) is 0 Å². The van der Waals surface area contributed by atoms with Crippen LogP contribution in [0.15, 0.2) is 79.3 Å². The van der Waals surface area contributed by atoms with E-state index in [1.54, 1.807) is 25.4 Å². The van der Waals surface area contributed by atoms with E-state index in [4.69, 9.17) is 9.47 Å². The first-order valence-electron chi connectivity index (χ1n) is 10.3. The Balaban J connectivity index is 1.49. The quantitative estimate of drug-likeness (QED) is 0.444. The number of methoxy groups -OCH3 is 1. The molecule has 162 valence electrons. The number of carbonyl (C=O) groups is 1. The summed E-state index contributed by atoms with van der Waals surface area (Å²) in [4.78, 5) is 17.3. The molecule has 0 saturated carbocycles. The number of nitrogens with zero attached hydrogens (tertiary/aromatic N) is 2. The van der Waals surface area contributed by atoms with Crippen LogP contribution < -0.4 is 14.8 Å². The van der Waals surface area contributed by atoms with Crippen molar-refractivity contribution in [3.8, 4) is 28.5 Å². The van der Waals surface area contributed by atoms with E-state index in [0.717, 1.165) is 28.1 Å². The van der Waals surface area contributed by atoms with Gasteiger partial charge in [0.1, 0.15) is 17.2 Å². The maximum absolute atomic E-state index is 12.8. The molecule has 32 heavy (non-hydrogen) atoms. The summed E-state index contributed by atoms with van der Waals surface area (Å²) in [6.07, 6.45) is 5.70. The minimum atomic E-state index is -0.157. The zero-order chi connectivity index (χ0) is 22.5. The summed E-state index contributed by atoms with van der Waals surface area (Å²) in [7, 11) is 3.59. The Kier molecular flexibility index (Phi) is 6.22. The van der Waals surface area contributed by atoms with E-state index in [2.05, 4.69) is 10.3 Å². The van der Waals surface area contributed by atoms with Gasteiger partial charge in [0.2, 0.25) is 0 Å². The summed E-state index contributed by atoms with van der Waals surface area (Å²) < 4.78 is 13.3. The number of ether oxygens (including phenoxy) is 2. The van der Waals surface area contributed by atoms with Gasteiger partial charge in [0, 0.05) is 54.9 Å². The number of aromatic nitrogens is 2. The first-order chi connectivity index (χ1) is 15.5. The van der Waals surface area contributed by atoms with E-state index >= 15 is 0 Å². The Morgan fingerprint density at radius 2 is 1.91 bits per heavy atom.